The summed E-state index contributed by atoms with van der Waals surface area (Å²) in [6, 6.07) is 0. The standard InChI is InChI=1S/C18H24N6OS/c1-12-20-13(11-26-12)9-23-8-5-15-14(10-23)16(22-18(19-2)21-15)17(25)24-6-3-4-7-24/h11H,3-10H2,1-2H3,(H,19,21,22). The molecule has 4 heterocycles. The lowest BCUT2D eigenvalue weighted by molar-refractivity contribution is 0.0783. The maximum absolute atomic E-state index is 13.0. The Morgan fingerprint density at radius 2 is 2.04 bits per heavy atom. The number of likely N-dealkylation sites (tertiary alicyclic amines) is 1. The van der Waals surface area contributed by atoms with Crippen molar-refractivity contribution in [3.8, 4) is 0 Å². The molecule has 0 unspecified atom stereocenters. The number of aromatic nitrogens is 3. The Bertz CT molecular complexity index is 814. The van der Waals surface area contributed by atoms with Gasteiger partial charge in [-0.3, -0.25) is 9.69 Å². The number of hydrogen-bond donors (Lipinski definition) is 1. The first-order valence-corrected chi connectivity index (χ1v) is 10.0. The number of carbonyl (C=O) groups excluding carboxylic acids is 1. The third kappa shape index (κ3) is 3.43. The van der Waals surface area contributed by atoms with Crippen LogP contribution in [0.3, 0.4) is 0 Å². The van der Waals surface area contributed by atoms with E-state index in [0.29, 0.717) is 18.2 Å². The summed E-state index contributed by atoms with van der Waals surface area (Å²) in [6.07, 6.45) is 2.98. The van der Waals surface area contributed by atoms with E-state index in [9.17, 15) is 4.79 Å². The molecule has 2 aliphatic heterocycles. The number of thiazole rings is 1. The van der Waals surface area contributed by atoms with Crippen molar-refractivity contribution < 1.29 is 4.79 Å². The van der Waals surface area contributed by atoms with Crippen LogP contribution in [0.1, 0.15) is 45.3 Å². The van der Waals surface area contributed by atoms with Crippen molar-refractivity contribution in [1.82, 2.24) is 24.8 Å². The second-order valence-electron chi connectivity index (χ2n) is 6.89. The van der Waals surface area contributed by atoms with Gasteiger partial charge >= 0.3 is 0 Å². The Morgan fingerprint density at radius 1 is 1.23 bits per heavy atom. The number of nitrogens with zero attached hydrogens (tertiary/aromatic N) is 5. The number of carbonyl (C=O) groups is 1. The molecular formula is C18H24N6OS. The van der Waals surface area contributed by atoms with Gasteiger partial charge < -0.3 is 10.2 Å². The minimum Gasteiger partial charge on any atom is -0.357 e. The van der Waals surface area contributed by atoms with Gasteiger partial charge in [-0.05, 0) is 19.8 Å². The number of nitrogens with one attached hydrogen (secondary N) is 1. The fourth-order valence-electron chi connectivity index (χ4n) is 3.67. The van der Waals surface area contributed by atoms with Gasteiger partial charge in [-0.25, -0.2) is 15.0 Å². The van der Waals surface area contributed by atoms with Crippen LogP contribution in [0, 0.1) is 6.92 Å². The maximum atomic E-state index is 13.0. The van der Waals surface area contributed by atoms with Gasteiger partial charge in [0, 0.05) is 57.1 Å². The highest BCUT2D eigenvalue weighted by atomic mass is 32.1. The molecule has 1 N–H and O–H groups in total. The minimum atomic E-state index is 0.0454. The van der Waals surface area contributed by atoms with Crippen molar-refractivity contribution in [3.63, 3.8) is 0 Å². The van der Waals surface area contributed by atoms with Crippen LogP contribution >= 0.6 is 11.3 Å². The van der Waals surface area contributed by atoms with E-state index in [4.69, 9.17) is 0 Å². The van der Waals surface area contributed by atoms with E-state index in [1.54, 1.807) is 18.4 Å². The van der Waals surface area contributed by atoms with E-state index in [0.717, 1.165) is 67.4 Å². The highest BCUT2D eigenvalue weighted by molar-refractivity contribution is 7.09. The molecular weight excluding hydrogens is 348 g/mol. The first-order valence-electron chi connectivity index (χ1n) is 9.14. The number of amides is 1. The molecule has 1 fully saturated rings. The van der Waals surface area contributed by atoms with Gasteiger partial charge in [-0.2, -0.15) is 0 Å². The lowest BCUT2D eigenvalue weighted by Gasteiger charge is -2.29. The van der Waals surface area contributed by atoms with Crippen LogP contribution in [-0.2, 0) is 19.5 Å². The fraction of sp³-hybridized carbons (Fsp3) is 0.556. The third-order valence-corrected chi connectivity index (χ3v) is 5.83. The third-order valence-electron chi connectivity index (χ3n) is 5.01. The predicted octanol–water partition coefficient (Wildman–Crippen LogP) is 2.08. The van der Waals surface area contributed by atoms with Gasteiger partial charge in [0.15, 0.2) is 0 Å². The quantitative estimate of drug-likeness (QED) is 0.886. The normalized spacial score (nSPS) is 17.4. The van der Waals surface area contributed by atoms with Gasteiger partial charge in [-0.1, -0.05) is 0 Å². The zero-order chi connectivity index (χ0) is 18.1. The van der Waals surface area contributed by atoms with Crippen LogP contribution in [0.4, 0.5) is 5.95 Å². The van der Waals surface area contributed by atoms with Crippen LogP contribution in [0.2, 0.25) is 0 Å². The largest absolute Gasteiger partial charge is 0.357 e. The highest BCUT2D eigenvalue weighted by Gasteiger charge is 2.29. The second-order valence-corrected chi connectivity index (χ2v) is 7.95. The number of aryl methyl sites for hydroxylation is 1. The molecule has 2 aromatic rings. The van der Waals surface area contributed by atoms with Crippen LogP contribution in [0.5, 0.6) is 0 Å². The maximum Gasteiger partial charge on any atom is 0.273 e. The average molecular weight is 372 g/mol. The summed E-state index contributed by atoms with van der Waals surface area (Å²) in [5, 5.41) is 6.20. The summed E-state index contributed by atoms with van der Waals surface area (Å²) in [6.45, 7) is 6.10. The van der Waals surface area contributed by atoms with Gasteiger partial charge in [0.25, 0.3) is 5.91 Å². The summed E-state index contributed by atoms with van der Waals surface area (Å²) in [5.41, 5.74) is 3.65. The Morgan fingerprint density at radius 3 is 2.73 bits per heavy atom. The first kappa shape index (κ1) is 17.4. The van der Waals surface area contributed by atoms with Gasteiger partial charge in [-0.15, -0.1) is 11.3 Å². The van der Waals surface area contributed by atoms with Crippen LogP contribution in [-0.4, -0.2) is 57.3 Å². The van der Waals surface area contributed by atoms with Gasteiger partial charge in [0.2, 0.25) is 5.95 Å². The number of hydrogen-bond acceptors (Lipinski definition) is 7. The van der Waals surface area contributed by atoms with E-state index in [-0.39, 0.29) is 5.91 Å². The molecule has 0 aliphatic carbocycles. The van der Waals surface area contributed by atoms with Crippen molar-refractivity contribution in [3.05, 3.63) is 33.0 Å². The molecule has 0 saturated carbocycles. The monoisotopic (exact) mass is 372 g/mol. The summed E-state index contributed by atoms with van der Waals surface area (Å²) in [7, 11) is 1.80. The molecule has 2 aromatic heterocycles. The zero-order valence-electron chi connectivity index (χ0n) is 15.3. The topological polar surface area (TPSA) is 74.2 Å². The number of fused-ring (bicyclic) bond motifs is 1. The SMILES string of the molecule is CNc1nc2c(c(C(=O)N3CCCC3)n1)CN(Cc1csc(C)n1)CC2. The average Bonchev–Trinajstić information content (AvgIpc) is 3.32. The summed E-state index contributed by atoms with van der Waals surface area (Å²) < 4.78 is 0. The fourth-order valence-corrected chi connectivity index (χ4v) is 4.28. The van der Waals surface area contributed by atoms with Crippen LogP contribution < -0.4 is 5.32 Å². The first-order chi connectivity index (χ1) is 12.6. The number of anilines is 1. The molecule has 1 saturated heterocycles. The Labute approximate surface area is 157 Å². The lowest BCUT2D eigenvalue weighted by Crippen LogP contribution is -2.36. The van der Waals surface area contributed by atoms with E-state index < -0.39 is 0 Å². The van der Waals surface area contributed by atoms with Crippen molar-refractivity contribution >= 4 is 23.2 Å². The Balaban J connectivity index is 1.62. The molecule has 8 heteroatoms. The summed E-state index contributed by atoms with van der Waals surface area (Å²) >= 11 is 1.68. The molecule has 0 bridgehead atoms. The van der Waals surface area contributed by atoms with E-state index >= 15 is 0 Å². The smallest absolute Gasteiger partial charge is 0.273 e. The summed E-state index contributed by atoms with van der Waals surface area (Å²) in [4.78, 5) is 31.0. The molecule has 0 radical (unpaired) electrons. The zero-order valence-corrected chi connectivity index (χ0v) is 16.1. The predicted molar refractivity (Wildman–Crippen MR) is 101 cm³/mol. The van der Waals surface area contributed by atoms with E-state index in [1.807, 2.05) is 11.8 Å². The molecule has 0 atom stereocenters. The van der Waals surface area contributed by atoms with Gasteiger partial charge in [0.1, 0.15) is 5.69 Å². The van der Waals surface area contributed by atoms with Crippen molar-refractivity contribution in [2.24, 2.45) is 0 Å². The Hall–Kier alpha value is -2.06. The molecule has 4 rings (SSSR count). The molecule has 0 aromatic carbocycles. The molecule has 7 nitrogen and oxygen atoms in total. The Kier molecular flexibility index (Phi) is 4.86. The van der Waals surface area contributed by atoms with Crippen molar-refractivity contribution in [2.75, 3.05) is 32.0 Å². The van der Waals surface area contributed by atoms with E-state index in [1.165, 1.54) is 0 Å². The number of rotatable bonds is 4. The van der Waals surface area contributed by atoms with Crippen molar-refractivity contribution in [2.45, 2.75) is 39.3 Å². The molecule has 2 aliphatic rings. The second kappa shape index (κ2) is 7.28. The molecule has 1 amide bonds. The van der Waals surface area contributed by atoms with Crippen LogP contribution in [0.25, 0.3) is 0 Å². The molecule has 0 spiro atoms. The van der Waals surface area contributed by atoms with Crippen molar-refractivity contribution in [1.29, 1.82) is 0 Å². The molecule has 138 valence electrons. The minimum absolute atomic E-state index is 0.0454. The summed E-state index contributed by atoms with van der Waals surface area (Å²) in [5.74, 6) is 0.582. The van der Waals surface area contributed by atoms with E-state index in [2.05, 4.69) is 30.5 Å². The van der Waals surface area contributed by atoms with Crippen LogP contribution in [0.15, 0.2) is 5.38 Å². The molecule has 26 heavy (non-hydrogen) atoms. The van der Waals surface area contributed by atoms with Gasteiger partial charge in [0.05, 0.1) is 16.4 Å². The highest BCUT2D eigenvalue weighted by Crippen LogP contribution is 2.25. The lowest BCUT2D eigenvalue weighted by atomic mass is 10.0.